The van der Waals surface area contributed by atoms with Crippen molar-refractivity contribution < 1.29 is 19.1 Å². The summed E-state index contributed by atoms with van der Waals surface area (Å²) < 4.78 is 9.35. The van der Waals surface area contributed by atoms with Crippen LogP contribution in [0.5, 0.6) is 0 Å². The average Bonchev–Trinajstić information content (AvgIpc) is 2.47. The van der Waals surface area contributed by atoms with Crippen LogP contribution >= 0.6 is 0 Å². The molecule has 110 valence electrons. The molecule has 0 aliphatic carbocycles. The van der Waals surface area contributed by atoms with E-state index in [1.54, 1.807) is 0 Å². The minimum Gasteiger partial charge on any atom is -0.469 e. The molecule has 0 fully saturated rings. The van der Waals surface area contributed by atoms with E-state index >= 15 is 0 Å². The lowest BCUT2D eigenvalue weighted by atomic mass is 10.2. The highest BCUT2D eigenvalue weighted by molar-refractivity contribution is 7.96. The summed E-state index contributed by atoms with van der Waals surface area (Å²) in [5, 5.41) is 0. The molecule has 0 bridgehead atoms. The van der Waals surface area contributed by atoms with E-state index in [-0.39, 0.29) is 22.8 Å². The summed E-state index contributed by atoms with van der Waals surface area (Å²) in [6.07, 6.45) is 0.739. The number of carbonyl (C=O) groups excluding carboxylic acids is 2. The lowest BCUT2D eigenvalue weighted by Crippen LogP contribution is -2.19. The third-order valence-electron chi connectivity index (χ3n) is 2.91. The van der Waals surface area contributed by atoms with Gasteiger partial charge < -0.3 is 9.47 Å². The lowest BCUT2D eigenvalue weighted by Gasteiger charge is -2.08. The molecule has 0 aliphatic heterocycles. The highest BCUT2D eigenvalue weighted by Crippen LogP contribution is 2.17. The molecule has 0 aliphatic rings. The average molecular weight is 297 g/mol. The topological polar surface area (TPSA) is 52.6 Å². The number of aryl methyl sites for hydroxylation is 1. The molecule has 0 spiro atoms. The molecule has 1 rings (SSSR count). The van der Waals surface area contributed by atoms with Gasteiger partial charge in [0, 0.05) is 10.9 Å². The second kappa shape index (κ2) is 8.64. The number of ether oxygens (including phenoxy) is 2. The van der Waals surface area contributed by atoms with Gasteiger partial charge in [-0.25, -0.2) is 0 Å². The molecule has 0 atom stereocenters. The molecule has 0 aromatic heterocycles. The Kier molecular flexibility index (Phi) is 7.15. The fourth-order valence-corrected chi connectivity index (χ4v) is 3.71. The molecule has 0 N–H and O–H groups in total. The van der Waals surface area contributed by atoms with E-state index in [4.69, 9.17) is 0 Å². The van der Waals surface area contributed by atoms with Crippen LogP contribution in [-0.4, -0.2) is 37.7 Å². The zero-order valence-corrected chi connectivity index (χ0v) is 13.0. The SMILES string of the molecule is COC(=O)CC[S+](CCC(=O)OC)c1ccc(C)cc1. The van der Waals surface area contributed by atoms with E-state index in [1.165, 1.54) is 24.7 Å². The largest absolute Gasteiger partial charge is 0.469 e. The van der Waals surface area contributed by atoms with E-state index in [2.05, 4.69) is 21.6 Å². The Labute approximate surface area is 122 Å². The molecule has 5 heteroatoms. The fourth-order valence-electron chi connectivity index (χ4n) is 1.69. The minimum atomic E-state index is -0.215. The first-order valence-corrected chi connectivity index (χ1v) is 8.01. The van der Waals surface area contributed by atoms with Gasteiger partial charge in [0.15, 0.2) is 4.90 Å². The maximum Gasteiger partial charge on any atom is 0.310 e. The van der Waals surface area contributed by atoms with Crippen molar-refractivity contribution in [1.29, 1.82) is 0 Å². The van der Waals surface area contributed by atoms with Crippen LogP contribution < -0.4 is 0 Å². The van der Waals surface area contributed by atoms with E-state index < -0.39 is 0 Å². The Morgan fingerprint density at radius 1 is 0.950 bits per heavy atom. The van der Waals surface area contributed by atoms with Crippen LogP contribution in [0.3, 0.4) is 0 Å². The Bertz CT molecular complexity index is 422. The number of benzene rings is 1. The summed E-state index contributed by atoms with van der Waals surface area (Å²) in [4.78, 5) is 23.7. The first-order chi connectivity index (χ1) is 9.56. The smallest absolute Gasteiger partial charge is 0.310 e. The zero-order valence-electron chi connectivity index (χ0n) is 12.2. The fraction of sp³-hybridized carbons (Fsp3) is 0.467. The number of rotatable bonds is 7. The number of hydrogen-bond donors (Lipinski definition) is 0. The Balaban J connectivity index is 2.69. The van der Waals surface area contributed by atoms with Crippen LogP contribution in [-0.2, 0) is 30.0 Å². The van der Waals surface area contributed by atoms with Gasteiger partial charge >= 0.3 is 11.9 Å². The normalized spacial score (nSPS) is 10.4. The number of esters is 2. The van der Waals surface area contributed by atoms with Gasteiger partial charge in [0.1, 0.15) is 11.5 Å². The predicted molar refractivity (Wildman–Crippen MR) is 79.8 cm³/mol. The van der Waals surface area contributed by atoms with Gasteiger partial charge in [-0.1, -0.05) is 17.7 Å². The van der Waals surface area contributed by atoms with Crippen molar-refractivity contribution in [1.82, 2.24) is 0 Å². The van der Waals surface area contributed by atoms with Crippen LogP contribution in [0, 0.1) is 6.92 Å². The van der Waals surface area contributed by atoms with Crippen LogP contribution in [0.15, 0.2) is 29.2 Å². The highest BCUT2D eigenvalue weighted by Gasteiger charge is 2.24. The maximum atomic E-state index is 11.3. The van der Waals surface area contributed by atoms with Crippen molar-refractivity contribution in [3.05, 3.63) is 29.8 Å². The van der Waals surface area contributed by atoms with Gasteiger partial charge in [-0.05, 0) is 19.1 Å². The molecule has 1 aromatic carbocycles. The number of carbonyl (C=O) groups is 2. The van der Waals surface area contributed by atoms with Crippen molar-refractivity contribution in [3.8, 4) is 0 Å². The summed E-state index contributed by atoms with van der Waals surface area (Å²) in [6.45, 7) is 2.03. The third-order valence-corrected chi connectivity index (χ3v) is 5.25. The summed E-state index contributed by atoms with van der Waals surface area (Å²) in [6, 6.07) is 8.22. The first kappa shape index (κ1) is 16.6. The second-order valence-corrected chi connectivity index (χ2v) is 6.64. The van der Waals surface area contributed by atoms with Crippen LogP contribution in [0.1, 0.15) is 18.4 Å². The Hall–Kier alpha value is -1.49. The highest BCUT2D eigenvalue weighted by atomic mass is 32.2. The van der Waals surface area contributed by atoms with E-state index in [0.29, 0.717) is 24.3 Å². The van der Waals surface area contributed by atoms with Gasteiger partial charge in [0.25, 0.3) is 0 Å². The molecule has 0 saturated carbocycles. The monoisotopic (exact) mass is 297 g/mol. The van der Waals surface area contributed by atoms with E-state index in [1.807, 2.05) is 19.1 Å². The van der Waals surface area contributed by atoms with Crippen molar-refractivity contribution in [2.24, 2.45) is 0 Å². The van der Waals surface area contributed by atoms with E-state index in [0.717, 1.165) is 0 Å². The van der Waals surface area contributed by atoms with Gasteiger partial charge in [-0.3, -0.25) is 9.59 Å². The zero-order chi connectivity index (χ0) is 15.0. The molecule has 0 radical (unpaired) electrons. The van der Waals surface area contributed by atoms with Gasteiger partial charge in [0.2, 0.25) is 0 Å². The minimum absolute atomic E-state index is 0.142. The molecule has 4 nitrogen and oxygen atoms in total. The first-order valence-electron chi connectivity index (χ1n) is 6.44. The molecule has 0 amide bonds. The maximum absolute atomic E-state index is 11.3. The molecule has 0 unspecified atom stereocenters. The van der Waals surface area contributed by atoms with Crippen molar-refractivity contribution in [3.63, 3.8) is 0 Å². The summed E-state index contributed by atoms with van der Waals surface area (Å²) in [5.74, 6) is 0.972. The van der Waals surface area contributed by atoms with Crippen LogP contribution in [0.25, 0.3) is 0 Å². The molecular weight excluding hydrogens is 276 g/mol. The standard InChI is InChI=1S/C15H21O4S/c1-12-4-6-13(7-5-12)20(10-8-14(16)18-2)11-9-15(17)19-3/h4-7H,8-11H2,1-3H3/q+1. The quantitative estimate of drug-likeness (QED) is 0.571. The molecule has 0 heterocycles. The van der Waals surface area contributed by atoms with Crippen LogP contribution in [0.2, 0.25) is 0 Å². The molecule has 0 saturated heterocycles. The molecular formula is C15H21O4S+. The number of hydrogen-bond acceptors (Lipinski definition) is 4. The van der Waals surface area contributed by atoms with E-state index in [9.17, 15) is 9.59 Å². The molecule has 1 aromatic rings. The Morgan fingerprint density at radius 2 is 1.40 bits per heavy atom. The van der Waals surface area contributed by atoms with Crippen molar-refractivity contribution in [2.45, 2.75) is 24.7 Å². The summed E-state index contributed by atoms with van der Waals surface area (Å²) in [7, 11) is 2.64. The van der Waals surface area contributed by atoms with Gasteiger partial charge in [-0.15, -0.1) is 0 Å². The second-order valence-electron chi connectivity index (χ2n) is 4.37. The number of methoxy groups -OCH3 is 2. The van der Waals surface area contributed by atoms with Gasteiger partial charge in [0.05, 0.1) is 27.1 Å². The predicted octanol–water partition coefficient (Wildman–Crippen LogP) is 2.10. The third kappa shape index (κ3) is 5.65. The summed E-state index contributed by atoms with van der Waals surface area (Å²) in [5.41, 5.74) is 1.19. The van der Waals surface area contributed by atoms with Gasteiger partial charge in [-0.2, -0.15) is 0 Å². The molecule has 20 heavy (non-hydrogen) atoms. The van der Waals surface area contributed by atoms with Crippen molar-refractivity contribution in [2.75, 3.05) is 25.7 Å². The lowest BCUT2D eigenvalue weighted by molar-refractivity contribution is -0.140. The Morgan fingerprint density at radius 3 is 1.80 bits per heavy atom. The summed E-state index contributed by atoms with van der Waals surface area (Å²) >= 11 is 0. The van der Waals surface area contributed by atoms with Crippen molar-refractivity contribution >= 4 is 22.8 Å². The van der Waals surface area contributed by atoms with Crippen LogP contribution in [0.4, 0.5) is 0 Å².